The Balaban J connectivity index is 1.90. The van der Waals surface area contributed by atoms with Crippen molar-refractivity contribution in [2.75, 3.05) is 6.61 Å². The predicted octanol–water partition coefficient (Wildman–Crippen LogP) is 4.10. The number of aryl methyl sites for hydroxylation is 4. The van der Waals surface area contributed by atoms with E-state index < -0.39 is 0 Å². The number of hydrogen-bond donors (Lipinski definition) is 1. The number of nitrogens with one attached hydrogen (secondary N) is 1. The highest BCUT2D eigenvalue weighted by Crippen LogP contribution is 2.20. The van der Waals surface area contributed by atoms with Gasteiger partial charge in [0.2, 0.25) is 0 Å². The number of halogens is 1. The van der Waals surface area contributed by atoms with E-state index in [1.54, 1.807) is 24.4 Å². The van der Waals surface area contributed by atoms with Gasteiger partial charge in [-0.15, -0.1) is 0 Å². The molecule has 1 N–H and O–H groups in total. The number of nitrogens with zero attached hydrogens (tertiary/aromatic N) is 1. The Hall–Kier alpha value is -2.33. The van der Waals surface area contributed by atoms with Crippen LogP contribution in [0, 0.1) is 27.7 Å². The minimum absolute atomic E-state index is 0.107. The molecule has 0 saturated carbocycles. The van der Waals surface area contributed by atoms with Crippen LogP contribution >= 0.6 is 11.6 Å². The zero-order chi connectivity index (χ0) is 17.7. The van der Waals surface area contributed by atoms with Crippen molar-refractivity contribution >= 4 is 23.7 Å². The average Bonchev–Trinajstić information content (AvgIpc) is 2.51. The largest absolute Gasteiger partial charge is 0.484 e. The van der Waals surface area contributed by atoms with Gasteiger partial charge in [0.25, 0.3) is 5.91 Å². The van der Waals surface area contributed by atoms with Gasteiger partial charge in [-0.3, -0.25) is 4.79 Å². The molecule has 0 fully saturated rings. The number of amides is 1. The van der Waals surface area contributed by atoms with Crippen LogP contribution in [0.5, 0.6) is 5.75 Å². The van der Waals surface area contributed by atoms with Gasteiger partial charge in [-0.25, -0.2) is 5.43 Å². The van der Waals surface area contributed by atoms with Gasteiger partial charge in [0.05, 0.1) is 6.21 Å². The number of carbonyl (C=O) groups is 1. The quantitative estimate of drug-likeness (QED) is 0.655. The number of benzene rings is 2. The van der Waals surface area contributed by atoms with E-state index in [0.717, 1.165) is 22.3 Å². The molecule has 0 unspecified atom stereocenters. The molecular formula is C19H21ClN2O2. The Kier molecular flexibility index (Phi) is 5.99. The van der Waals surface area contributed by atoms with Crippen LogP contribution in [0.1, 0.15) is 27.8 Å². The normalized spacial score (nSPS) is 10.9. The molecule has 0 heterocycles. The number of carbonyl (C=O) groups excluding carboxylic acids is 1. The van der Waals surface area contributed by atoms with Gasteiger partial charge in [-0.05, 0) is 62.6 Å². The Labute approximate surface area is 147 Å². The molecule has 0 spiro atoms. The molecule has 2 aromatic rings. The van der Waals surface area contributed by atoms with Crippen LogP contribution in [0.25, 0.3) is 0 Å². The van der Waals surface area contributed by atoms with E-state index in [9.17, 15) is 4.79 Å². The monoisotopic (exact) mass is 344 g/mol. The smallest absolute Gasteiger partial charge is 0.277 e. The van der Waals surface area contributed by atoms with Gasteiger partial charge in [0.15, 0.2) is 6.61 Å². The molecule has 0 aliphatic carbocycles. The fraction of sp³-hybridized carbons (Fsp3) is 0.263. The molecule has 2 rings (SSSR count). The lowest BCUT2D eigenvalue weighted by Gasteiger charge is -2.08. The van der Waals surface area contributed by atoms with Crippen LogP contribution < -0.4 is 10.2 Å². The number of rotatable bonds is 5. The third-order valence-electron chi connectivity index (χ3n) is 3.62. The molecule has 0 bridgehead atoms. The second-order valence-corrected chi connectivity index (χ2v) is 6.21. The van der Waals surface area contributed by atoms with E-state index in [0.29, 0.717) is 10.8 Å². The zero-order valence-corrected chi connectivity index (χ0v) is 15.1. The van der Waals surface area contributed by atoms with Crippen LogP contribution in [-0.2, 0) is 4.79 Å². The Morgan fingerprint density at radius 3 is 2.42 bits per heavy atom. The average molecular weight is 345 g/mol. The maximum absolute atomic E-state index is 11.8. The fourth-order valence-corrected chi connectivity index (χ4v) is 2.57. The minimum atomic E-state index is -0.318. The first-order valence-electron chi connectivity index (χ1n) is 7.65. The first-order valence-corrected chi connectivity index (χ1v) is 8.03. The highest BCUT2D eigenvalue weighted by molar-refractivity contribution is 6.31. The van der Waals surface area contributed by atoms with Crippen molar-refractivity contribution in [3.8, 4) is 5.75 Å². The Bertz CT molecular complexity index is 762. The summed E-state index contributed by atoms with van der Waals surface area (Å²) < 4.78 is 5.42. The third kappa shape index (κ3) is 4.83. The van der Waals surface area contributed by atoms with E-state index in [4.69, 9.17) is 16.3 Å². The molecule has 0 aliphatic rings. The molecular weight excluding hydrogens is 324 g/mol. The summed E-state index contributed by atoms with van der Waals surface area (Å²) in [5.41, 5.74) is 7.84. The summed E-state index contributed by atoms with van der Waals surface area (Å²) in [6, 6.07) is 9.43. The minimum Gasteiger partial charge on any atom is -0.484 e. The summed E-state index contributed by atoms with van der Waals surface area (Å²) in [6.07, 6.45) is 1.66. The first-order chi connectivity index (χ1) is 11.4. The van der Waals surface area contributed by atoms with Crippen molar-refractivity contribution in [1.82, 2.24) is 5.43 Å². The molecule has 0 radical (unpaired) electrons. The molecule has 1 amide bonds. The summed E-state index contributed by atoms with van der Waals surface area (Å²) >= 11 is 5.95. The SMILES string of the molecule is Cc1cc(C)c(/C=N/NC(=O)COc2ccc(Cl)c(C)c2)c(C)c1. The van der Waals surface area contributed by atoms with Crippen LogP contribution in [0.4, 0.5) is 0 Å². The topological polar surface area (TPSA) is 50.7 Å². The standard InChI is InChI=1S/C19H21ClN2O2/c1-12-7-13(2)17(14(3)8-12)10-21-22-19(23)11-24-16-5-6-18(20)15(4)9-16/h5-10H,11H2,1-4H3,(H,22,23)/b21-10+. The van der Waals surface area contributed by atoms with E-state index in [-0.39, 0.29) is 12.5 Å². The first kappa shape index (κ1) is 18.0. The molecule has 0 saturated heterocycles. The Morgan fingerprint density at radius 1 is 1.12 bits per heavy atom. The second-order valence-electron chi connectivity index (χ2n) is 5.81. The number of hydrogen-bond acceptors (Lipinski definition) is 3. The van der Waals surface area contributed by atoms with E-state index in [1.165, 1.54) is 5.56 Å². The second kappa shape index (κ2) is 7.97. The van der Waals surface area contributed by atoms with Crippen molar-refractivity contribution in [3.63, 3.8) is 0 Å². The van der Waals surface area contributed by atoms with Crippen LogP contribution in [0.3, 0.4) is 0 Å². The van der Waals surface area contributed by atoms with Gasteiger partial charge in [-0.1, -0.05) is 29.3 Å². The number of ether oxygens (including phenoxy) is 1. The highest BCUT2D eigenvalue weighted by Gasteiger charge is 2.04. The molecule has 24 heavy (non-hydrogen) atoms. The molecule has 0 aromatic heterocycles. The van der Waals surface area contributed by atoms with Gasteiger partial charge in [0, 0.05) is 10.6 Å². The lowest BCUT2D eigenvalue weighted by molar-refractivity contribution is -0.123. The predicted molar refractivity (Wildman–Crippen MR) is 98.1 cm³/mol. The van der Waals surface area contributed by atoms with Crippen LogP contribution in [-0.4, -0.2) is 18.7 Å². The molecule has 5 heteroatoms. The highest BCUT2D eigenvalue weighted by atomic mass is 35.5. The lowest BCUT2D eigenvalue weighted by Crippen LogP contribution is -2.24. The van der Waals surface area contributed by atoms with Gasteiger partial charge in [-0.2, -0.15) is 5.10 Å². The molecule has 0 atom stereocenters. The van der Waals surface area contributed by atoms with Crippen molar-refractivity contribution in [2.24, 2.45) is 5.10 Å². The van der Waals surface area contributed by atoms with Crippen molar-refractivity contribution in [3.05, 3.63) is 63.2 Å². The van der Waals surface area contributed by atoms with Crippen molar-refractivity contribution < 1.29 is 9.53 Å². The summed E-state index contributed by atoms with van der Waals surface area (Å²) in [4.78, 5) is 11.8. The maximum atomic E-state index is 11.8. The molecule has 126 valence electrons. The lowest BCUT2D eigenvalue weighted by atomic mass is 10.0. The molecule has 4 nitrogen and oxygen atoms in total. The van der Waals surface area contributed by atoms with E-state index in [1.807, 2.05) is 20.8 Å². The zero-order valence-electron chi connectivity index (χ0n) is 14.3. The number of hydrazone groups is 1. The summed E-state index contributed by atoms with van der Waals surface area (Å²) in [7, 11) is 0. The van der Waals surface area contributed by atoms with Crippen molar-refractivity contribution in [2.45, 2.75) is 27.7 Å². The fourth-order valence-electron chi connectivity index (χ4n) is 2.45. The van der Waals surface area contributed by atoms with Crippen LogP contribution in [0.2, 0.25) is 5.02 Å². The summed E-state index contributed by atoms with van der Waals surface area (Å²) in [5.74, 6) is 0.280. The molecule has 2 aromatic carbocycles. The van der Waals surface area contributed by atoms with Crippen molar-refractivity contribution in [1.29, 1.82) is 0 Å². The third-order valence-corrected chi connectivity index (χ3v) is 4.04. The summed E-state index contributed by atoms with van der Waals surface area (Å²) in [6.45, 7) is 7.87. The maximum Gasteiger partial charge on any atom is 0.277 e. The molecule has 0 aliphatic heterocycles. The van der Waals surface area contributed by atoms with E-state index >= 15 is 0 Å². The Morgan fingerprint density at radius 2 is 1.79 bits per heavy atom. The van der Waals surface area contributed by atoms with E-state index in [2.05, 4.69) is 29.6 Å². The van der Waals surface area contributed by atoms with Gasteiger partial charge in [0.1, 0.15) is 5.75 Å². The van der Waals surface area contributed by atoms with Crippen LogP contribution in [0.15, 0.2) is 35.4 Å². The van der Waals surface area contributed by atoms with Gasteiger partial charge < -0.3 is 4.74 Å². The van der Waals surface area contributed by atoms with Gasteiger partial charge >= 0.3 is 0 Å². The summed E-state index contributed by atoms with van der Waals surface area (Å²) in [5, 5.41) is 4.68.